The highest BCUT2D eigenvalue weighted by Crippen LogP contribution is 2.31. The lowest BCUT2D eigenvalue weighted by atomic mass is 10.1. The summed E-state index contributed by atoms with van der Waals surface area (Å²) in [5, 5.41) is 2.92. The maximum Gasteiger partial charge on any atom is 0.449 e. The van der Waals surface area contributed by atoms with Crippen LogP contribution < -0.4 is 5.32 Å². The number of nitrogens with one attached hydrogen (secondary N) is 1. The Morgan fingerprint density at radius 2 is 1.68 bits per heavy atom. The first kappa shape index (κ1) is 23.7. The van der Waals surface area contributed by atoms with Gasteiger partial charge in [-0.3, -0.25) is 14.5 Å². The lowest BCUT2D eigenvalue weighted by molar-refractivity contribution is -0.148. The average molecular weight is 473 g/mol. The quantitative estimate of drug-likeness (QED) is 0.616. The number of fused-ring (bicyclic) bond motifs is 1. The van der Waals surface area contributed by atoms with Crippen LogP contribution in [0.15, 0.2) is 42.5 Å². The molecule has 0 atom stereocenters. The Labute approximate surface area is 195 Å². The first-order valence-corrected chi connectivity index (χ1v) is 11.0. The fourth-order valence-corrected chi connectivity index (χ4v) is 4.12. The van der Waals surface area contributed by atoms with Gasteiger partial charge in [0.05, 0.1) is 17.6 Å². The van der Waals surface area contributed by atoms with Crippen molar-refractivity contribution < 1.29 is 22.8 Å². The molecule has 1 N–H and O–H groups in total. The number of hydrogen-bond acceptors (Lipinski definition) is 4. The van der Waals surface area contributed by atoms with Crippen molar-refractivity contribution >= 4 is 28.5 Å². The Kier molecular flexibility index (Phi) is 6.60. The monoisotopic (exact) mass is 473 g/mol. The van der Waals surface area contributed by atoms with Crippen molar-refractivity contribution in [3.8, 4) is 0 Å². The van der Waals surface area contributed by atoms with Crippen LogP contribution in [0, 0.1) is 13.8 Å². The molecule has 2 heterocycles. The van der Waals surface area contributed by atoms with Crippen LogP contribution in [-0.2, 0) is 22.3 Å². The molecule has 4 rings (SSSR count). The molecule has 0 saturated carbocycles. The number of aryl methyl sites for hydroxylation is 1. The molecule has 1 aromatic heterocycles. The predicted octanol–water partition coefficient (Wildman–Crippen LogP) is 3.45. The van der Waals surface area contributed by atoms with Crippen molar-refractivity contribution in [1.82, 2.24) is 19.4 Å². The summed E-state index contributed by atoms with van der Waals surface area (Å²) >= 11 is 0. The van der Waals surface area contributed by atoms with Crippen molar-refractivity contribution in [2.45, 2.75) is 26.6 Å². The first-order chi connectivity index (χ1) is 16.1. The number of rotatable bonds is 5. The largest absolute Gasteiger partial charge is 0.449 e. The third kappa shape index (κ3) is 5.06. The Morgan fingerprint density at radius 1 is 0.971 bits per heavy atom. The van der Waals surface area contributed by atoms with Crippen molar-refractivity contribution in [3.63, 3.8) is 0 Å². The molecule has 2 amide bonds. The molecule has 2 aromatic carbocycles. The molecule has 0 unspecified atom stereocenters. The summed E-state index contributed by atoms with van der Waals surface area (Å²) in [6, 6.07) is 12.0. The molecule has 1 aliphatic rings. The zero-order valence-corrected chi connectivity index (χ0v) is 19.0. The van der Waals surface area contributed by atoms with Crippen LogP contribution in [0.2, 0.25) is 0 Å². The van der Waals surface area contributed by atoms with E-state index < -0.39 is 24.5 Å². The number of amides is 2. The Hall–Kier alpha value is -3.40. The number of aromatic nitrogens is 2. The van der Waals surface area contributed by atoms with Crippen LogP contribution in [0.4, 0.5) is 18.9 Å². The fourth-order valence-electron chi connectivity index (χ4n) is 4.12. The number of hydrogen-bond donors (Lipinski definition) is 1. The molecule has 0 spiro atoms. The third-order valence-electron chi connectivity index (χ3n) is 6.17. The number of benzene rings is 2. The van der Waals surface area contributed by atoms with Crippen molar-refractivity contribution in [2.24, 2.45) is 0 Å². The molecule has 180 valence electrons. The minimum absolute atomic E-state index is 0.145. The van der Waals surface area contributed by atoms with Gasteiger partial charge in [-0.2, -0.15) is 13.2 Å². The van der Waals surface area contributed by atoms with Crippen LogP contribution >= 0.6 is 0 Å². The molecular weight excluding hydrogens is 447 g/mol. The SMILES string of the molecule is Cc1cccc(NC(=O)CN2CCN(C(=O)Cn3c(C(F)(F)F)nc4ccccc43)CC2)c1C. The van der Waals surface area contributed by atoms with Gasteiger partial charge in [-0.15, -0.1) is 0 Å². The molecule has 0 bridgehead atoms. The Balaban J connectivity index is 1.35. The van der Waals surface area contributed by atoms with Crippen LogP contribution in [-0.4, -0.2) is 63.9 Å². The topological polar surface area (TPSA) is 70.5 Å². The van der Waals surface area contributed by atoms with Gasteiger partial charge >= 0.3 is 6.18 Å². The molecule has 1 fully saturated rings. The number of anilines is 1. The van der Waals surface area contributed by atoms with E-state index in [4.69, 9.17) is 0 Å². The van der Waals surface area contributed by atoms with Gasteiger partial charge < -0.3 is 14.8 Å². The van der Waals surface area contributed by atoms with Gasteiger partial charge in [0, 0.05) is 31.9 Å². The van der Waals surface area contributed by atoms with Crippen molar-refractivity contribution in [2.75, 3.05) is 38.0 Å². The molecule has 0 aliphatic carbocycles. The maximum absolute atomic E-state index is 13.5. The highest BCUT2D eigenvalue weighted by Gasteiger charge is 2.38. The van der Waals surface area contributed by atoms with Gasteiger partial charge in [0.1, 0.15) is 6.54 Å². The van der Waals surface area contributed by atoms with Gasteiger partial charge in [0.25, 0.3) is 0 Å². The summed E-state index contributed by atoms with van der Waals surface area (Å²) in [6.45, 7) is 5.26. The maximum atomic E-state index is 13.5. The van der Waals surface area contributed by atoms with Crippen LogP contribution in [0.3, 0.4) is 0 Å². The van der Waals surface area contributed by atoms with Crippen LogP contribution in [0.1, 0.15) is 17.0 Å². The Morgan fingerprint density at radius 3 is 2.38 bits per heavy atom. The van der Waals surface area contributed by atoms with E-state index >= 15 is 0 Å². The molecule has 1 saturated heterocycles. The highest BCUT2D eigenvalue weighted by atomic mass is 19.4. The van der Waals surface area contributed by atoms with Gasteiger partial charge in [-0.25, -0.2) is 4.98 Å². The van der Waals surface area contributed by atoms with Crippen LogP contribution in [0.25, 0.3) is 11.0 Å². The number of alkyl halides is 3. The molecule has 34 heavy (non-hydrogen) atoms. The lowest BCUT2D eigenvalue weighted by Gasteiger charge is -2.34. The number of carbonyl (C=O) groups excluding carboxylic acids is 2. The second-order valence-corrected chi connectivity index (χ2v) is 8.46. The first-order valence-electron chi connectivity index (χ1n) is 11.0. The summed E-state index contributed by atoms with van der Waals surface area (Å²) in [4.78, 5) is 32.5. The molecule has 10 heteroatoms. The van der Waals surface area contributed by atoms with E-state index in [1.165, 1.54) is 17.0 Å². The van der Waals surface area contributed by atoms with Crippen molar-refractivity contribution in [3.05, 3.63) is 59.4 Å². The third-order valence-corrected chi connectivity index (χ3v) is 6.17. The summed E-state index contributed by atoms with van der Waals surface area (Å²) in [5.41, 5.74) is 3.33. The van der Waals surface area contributed by atoms with E-state index in [2.05, 4.69) is 10.3 Å². The van der Waals surface area contributed by atoms with E-state index in [1.54, 1.807) is 12.1 Å². The molecule has 7 nitrogen and oxygen atoms in total. The number of piperazine rings is 1. The second kappa shape index (κ2) is 9.46. The molecular formula is C24H26F3N5O2. The number of nitrogens with zero attached hydrogens (tertiary/aromatic N) is 4. The smallest absolute Gasteiger partial charge is 0.339 e. The van der Waals surface area contributed by atoms with Crippen LogP contribution in [0.5, 0.6) is 0 Å². The average Bonchev–Trinajstić information content (AvgIpc) is 3.16. The molecule has 1 aliphatic heterocycles. The van der Waals surface area contributed by atoms with E-state index in [0.717, 1.165) is 21.4 Å². The zero-order valence-electron chi connectivity index (χ0n) is 19.0. The van der Waals surface area contributed by atoms with Gasteiger partial charge in [0.15, 0.2) is 0 Å². The minimum atomic E-state index is -4.67. The number of imidazole rings is 1. The van der Waals surface area contributed by atoms with E-state index in [-0.39, 0.29) is 23.5 Å². The predicted molar refractivity (Wildman–Crippen MR) is 122 cm³/mol. The van der Waals surface area contributed by atoms with Gasteiger partial charge in [-0.1, -0.05) is 24.3 Å². The standard InChI is InChI=1S/C24H26F3N5O2/c1-16-6-5-8-18(17(16)2)28-21(33)14-30-10-12-31(13-11-30)22(34)15-32-20-9-4-3-7-19(20)29-23(32)24(25,26)27/h3-9H,10-15H2,1-2H3,(H,28,33). The lowest BCUT2D eigenvalue weighted by Crippen LogP contribution is -2.51. The fraction of sp³-hybridized carbons (Fsp3) is 0.375. The summed E-state index contributed by atoms with van der Waals surface area (Å²) in [5.74, 6) is -1.63. The number of carbonyl (C=O) groups is 2. The highest BCUT2D eigenvalue weighted by molar-refractivity contribution is 5.93. The Bertz CT molecular complexity index is 1210. The number of halogens is 3. The summed E-state index contributed by atoms with van der Waals surface area (Å²) < 4.78 is 41.4. The van der Waals surface area contributed by atoms with Crippen molar-refractivity contribution in [1.29, 1.82) is 0 Å². The van der Waals surface area contributed by atoms with E-state index in [0.29, 0.717) is 26.2 Å². The molecule has 3 aromatic rings. The van der Waals surface area contributed by atoms with E-state index in [1.807, 2.05) is 36.9 Å². The summed E-state index contributed by atoms with van der Waals surface area (Å²) in [7, 11) is 0. The normalized spacial score (nSPS) is 15.0. The van der Waals surface area contributed by atoms with E-state index in [9.17, 15) is 22.8 Å². The molecule has 0 radical (unpaired) electrons. The van der Waals surface area contributed by atoms with Gasteiger partial charge in [0.2, 0.25) is 17.6 Å². The zero-order chi connectivity index (χ0) is 24.5. The second-order valence-electron chi connectivity index (χ2n) is 8.46. The summed E-state index contributed by atoms with van der Waals surface area (Å²) in [6.07, 6.45) is -4.67. The minimum Gasteiger partial charge on any atom is -0.339 e. The number of para-hydroxylation sites is 2. The van der Waals surface area contributed by atoms with Gasteiger partial charge in [-0.05, 0) is 43.2 Å².